The molecule has 1 heterocycles. The van der Waals surface area contributed by atoms with Crippen molar-refractivity contribution in [3.63, 3.8) is 0 Å². The first kappa shape index (κ1) is 11.7. The molecule has 1 aliphatic carbocycles. The highest BCUT2D eigenvalue weighted by molar-refractivity contribution is 5.96. The largest absolute Gasteiger partial charge is 0.486 e. The molecule has 0 spiro atoms. The Bertz CT molecular complexity index is 428. The van der Waals surface area contributed by atoms with Gasteiger partial charge in [-0.05, 0) is 18.9 Å². The van der Waals surface area contributed by atoms with Crippen LogP contribution in [0.5, 0.6) is 5.75 Å². The predicted octanol–water partition coefficient (Wildman–Crippen LogP) is 1.05. The molecule has 1 aliphatic rings. The lowest BCUT2D eigenvalue weighted by Gasteiger charge is -2.19. The summed E-state index contributed by atoms with van der Waals surface area (Å²) in [5, 5.41) is 2.58. The van der Waals surface area contributed by atoms with E-state index in [4.69, 9.17) is 4.74 Å². The number of nitrogens with one attached hydrogen (secondary N) is 1. The molecule has 5 nitrogen and oxygen atoms in total. The van der Waals surface area contributed by atoms with E-state index in [-0.39, 0.29) is 12.0 Å². The summed E-state index contributed by atoms with van der Waals surface area (Å²) in [6.07, 6.45) is 3.96. The number of hydrogen-bond acceptors (Lipinski definition) is 4. The molecule has 1 aromatic heterocycles. The molecule has 1 N–H and O–H groups in total. The molecule has 0 radical (unpaired) electrons. The van der Waals surface area contributed by atoms with Crippen LogP contribution in [-0.4, -0.2) is 38.1 Å². The van der Waals surface area contributed by atoms with Gasteiger partial charge in [-0.15, -0.1) is 0 Å². The van der Waals surface area contributed by atoms with Gasteiger partial charge in [-0.3, -0.25) is 4.79 Å². The second-order valence-corrected chi connectivity index (χ2v) is 4.30. The smallest absolute Gasteiger partial charge is 0.273 e. The number of hydrogen-bond donors (Lipinski definition) is 1. The zero-order valence-electron chi connectivity index (χ0n) is 10.4. The minimum absolute atomic E-state index is 0.218. The molecular weight excluding hydrogens is 218 g/mol. The normalized spacial score (nSPS) is 14.3. The second kappa shape index (κ2) is 4.61. The number of rotatable bonds is 4. The van der Waals surface area contributed by atoms with E-state index in [2.05, 4.69) is 10.3 Å². The van der Waals surface area contributed by atoms with E-state index in [1.54, 1.807) is 13.2 Å². The summed E-state index contributed by atoms with van der Waals surface area (Å²) in [5.41, 5.74) is 1.23. The number of aromatic nitrogens is 1. The van der Waals surface area contributed by atoms with Crippen LogP contribution in [0.3, 0.4) is 0 Å². The fourth-order valence-corrected chi connectivity index (χ4v) is 1.54. The van der Waals surface area contributed by atoms with Crippen LogP contribution in [0, 0.1) is 0 Å². The molecule has 0 aromatic carbocycles. The van der Waals surface area contributed by atoms with E-state index < -0.39 is 0 Å². The summed E-state index contributed by atoms with van der Waals surface area (Å²) >= 11 is 0. The zero-order chi connectivity index (χ0) is 12.4. The lowest BCUT2D eigenvalue weighted by molar-refractivity contribution is 0.0953. The molecule has 5 heteroatoms. The summed E-state index contributed by atoms with van der Waals surface area (Å²) in [6, 6.07) is 1.85. The van der Waals surface area contributed by atoms with Gasteiger partial charge in [0.05, 0.1) is 11.8 Å². The molecular formula is C12H17N3O2. The van der Waals surface area contributed by atoms with E-state index in [0.29, 0.717) is 11.4 Å². The fraction of sp³-hybridized carbons (Fsp3) is 0.500. The lowest BCUT2D eigenvalue weighted by Crippen LogP contribution is -2.22. The van der Waals surface area contributed by atoms with Crippen LogP contribution >= 0.6 is 0 Å². The van der Waals surface area contributed by atoms with Crippen LogP contribution in [0.25, 0.3) is 0 Å². The van der Waals surface area contributed by atoms with Crippen molar-refractivity contribution in [2.45, 2.75) is 18.9 Å². The number of nitrogens with zero attached hydrogens (tertiary/aromatic N) is 2. The van der Waals surface area contributed by atoms with Crippen LogP contribution in [-0.2, 0) is 0 Å². The summed E-state index contributed by atoms with van der Waals surface area (Å²) < 4.78 is 5.81. The monoisotopic (exact) mass is 235 g/mol. The maximum Gasteiger partial charge on any atom is 0.273 e. The molecule has 0 saturated heterocycles. The van der Waals surface area contributed by atoms with E-state index in [9.17, 15) is 4.79 Å². The molecule has 1 fully saturated rings. The van der Waals surface area contributed by atoms with E-state index in [0.717, 1.165) is 18.5 Å². The number of carbonyl (C=O) groups excluding carboxylic acids is 1. The van der Waals surface area contributed by atoms with Crippen LogP contribution in [0.2, 0.25) is 0 Å². The van der Waals surface area contributed by atoms with Gasteiger partial charge in [-0.25, -0.2) is 4.98 Å². The third kappa shape index (κ3) is 2.49. The van der Waals surface area contributed by atoms with Gasteiger partial charge in [-0.2, -0.15) is 0 Å². The van der Waals surface area contributed by atoms with Crippen molar-refractivity contribution < 1.29 is 9.53 Å². The van der Waals surface area contributed by atoms with E-state index in [1.165, 1.54) is 0 Å². The third-order valence-corrected chi connectivity index (χ3v) is 2.62. The highest BCUT2D eigenvalue weighted by Crippen LogP contribution is 2.35. The van der Waals surface area contributed by atoms with Gasteiger partial charge in [-0.1, -0.05) is 0 Å². The molecule has 17 heavy (non-hydrogen) atoms. The fourth-order valence-electron chi connectivity index (χ4n) is 1.54. The Morgan fingerprint density at radius 1 is 1.53 bits per heavy atom. The Hall–Kier alpha value is -1.78. The molecule has 92 valence electrons. The van der Waals surface area contributed by atoms with Crippen molar-refractivity contribution in [3.05, 3.63) is 18.0 Å². The standard InChI is InChI=1S/C12H17N3O2/c1-13-12(16)10-11(17-8-4-5-8)9(15(2)3)6-7-14-10/h6-8H,4-5H2,1-3H3,(H,13,16). The lowest BCUT2D eigenvalue weighted by atomic mass is 10.2. The first-order valence-corrected chi connectivity index (χ1v) is 5.68. The molecule has 1 saturated carbocycles. The van der Waals surface area contributed by atoms with Crippen molar-refractivity contribution in [2.24, 2.45) is 0 Å². The minimum atomic E-state index is -0.218. The zero-order valence-corrected chi connectivity index (χ0v) is 10.4. The number of pyridine rings is 1. The van der Waals surface area contributed by atoms with Gasteiger partial charge in [0.2, 0.25) is 0 Å². The van der Waals surface area contributed by atoms with Crippen molar-refractivity contribution >= 4 is 11.6 Å². The average Bonchev–Trinajstić information content (AvgIpc) is 3.12. The molecule has 1 amide bonds. The summed E-state index contributed by atoms with van der Waals surface area (Å²) in [4.78, 5) is 17.8. The summed E-state index contributed by atoms with van der Waals surface area (Å²) in [7, 11) is 5.43. The summed E-state index contributed by atoms with van der Waals surface area (Å²) in [6.45, 7) is 0. The van der Waals surface area contributed by atoms with Gasteiger partial charge < -0.3 is 15.0 Å². The number of ether oxygens (including phenoxy) is 1. The first-order valence-electron chi connectivity index (χ1n) is 5.68. The van der Waals surface area contributed by atoms with Crippen molar-refractivity contribution in [1.29, 1.82) is 0 Å². The Morgan fingerprint density at radius 2 is 2.24 bits per heavy atom. The van der Waals surface area contributed by atoms with Gasteiger partial charge in [0.1, 0.15) is 0 Å². The third-order valence-electron chi connectivity index (χ3n) is 2.62. The molecule has 0 bridgehead atoms. The van der Waals surface area contributed by atoms with Gasteiger partial charge in [0.15, 0.2) is 11.4 Å². The van der Waals surface area contributed by atoms with Crippen molar-refractivity contribution in [3.8, 4) is 5.75 Å². The quantitative estimate of drug-likeness (QED) is 0.847. The Balaban J connectivity index is 2.41. The minimum Gasteiger partial charge on any atom is -0.486 e. The first-order chi connectivity index (χ1) is 8.13. The predicted molar refractivity (Wildman–Crippen MR) is 65.6 cm³/mol. The average molecular weight is 235 g/mol. The molecule has 2 rings (SSSR count). The van der Waals surface area contributed by atoms with Crippen LogP contribution in [0.4, 0.5) is 5.69 Å². The Labute approximate surface area is 101 Å². The SMILES string of the molecule is CNC(=O)c1nccc(N(C)C)c1OC1CC1. The van der Waals surface area contributed by atoms with Crippen molar-refractivity contribution in [1.82, 2.24) is 10.3 Å². The van der Waals surface area contributed by atoms with Crippen LogP contribution in [0.15, 0.2) is 12.3 Å². The Morgan fingerprint density at radius 3 is 2.76 bits per heavy atom. The maximum atomic E-state index is 11.7. The van der Waals surface area contributed by atoms with E-state index >= 15 is 0 Å². The van der Waals surface area contributed by atoms with Gasteiger partial charge in [0.25, 0.3) is 5.91 Å². The van der Waals surface area contributed by atoms with E-state index in [1.807, 2.05) is 25.1 Å². The topological polar surface area (TPSA) is 54.5 Å². The molecule has 1 aromatic rings. The molecule has 0 atom stereocenters. The summed E-state index contributed by atoms with van der Waals surface area (Å²) in [5.74, 6) is 0.365. The second-order valence-electron chi connectivity index (χ2n) is 4.30. The van der Waals surface area contributed by atoms with Gasteiger partial charge in [0, 0.05) is 27.3 Å². The number of amides is 1. The van der Waals surface area contributed by atoms with Gasteiger partial charge >= 0.3 is 0 Å². The molecule has 0 unspecified atom stereocenters. The number of anilines is 1. The van der Waals surface area contributed by atoms with Crippen molar-refractivity contribution in [2.75, 3.05) is 26.0 Å². The number of carbonyl (C=O) groups is 1. The maximum absolute atomic E-state index is 11.7. The van der Waals surface area contributed by atoms with Crippen LogP contribution in [0.1, 0.15) is 23.3 Å². The van der Waals surface area contributed by atoms with Crippen LogP contribution < -0.4 is 15.0 Å². The Kier molecular flexibility index (Phi) is 3.17. The highest BCUT2D eigenvalue weighted by atomic mass is 16.5. The highest BCUT2D eigenvalue weighted by Gasteiger charge is 2.28. The molecule has 0 aliphatic heterocycles.